The number of phenols is 1. The van der Waals surface area contributed by atoms with Gasteiger partial charge in [-0.05, 0) is 31.6 Å². The number of phenolic OH excluding ortho intramolecular Hbond substituents is 1. The van der Waals surface area contributed by atoms with Gasteiger partial charge in [0.25, 0.3) is 0 Å². The van der Waals surface area contributed by atoms with Gasteiger partial charge in [0.2, 0.25) is 0 Å². The standard InChI is InChI=1S/C25H32O14/c1-10(8-26)21-22(17-13(36-21)5-4-12(11(2)28)18(17)32)39-24-20(34)23(19(33)14(9-27)37-24)38-16(31)7-25(3,35)6-15(29)30/h4-5,14,19-24,26-27,32-35H,1,6-9H2,2-3H3,(H,29,30)/t14-,19-,20-,21+,22+,23+,24-,25-/m1/s1. The van der Waals surface area contributed by atoms with Crippen LogP contribution in [0.1, 0.15) is 48.7 Å². The van der Waals surface area contributed by atoms with E-state index in [1.165, 1.54) is 19.1 Å². The number of benzene rings is 1. The molecule has 1 aromatic carbocycles. The summed E-state index contributed by atoms with van der Waals surface area (Å²) in [6, 6.07) is 2.73. The lowest BCUT2D eigenvalue weighted by molar-refractivity contribution is -0.316. The third kappa shape index (κ3) is 6.55. The third-order valence-electron chi connectivity index (χ3n) is 6.40. The molecule has 0 aromatic heterocycles. The molecule has 1 fully saturated rings. The molecule has 14 heteroatoms. The van der Waals surface area contributed by atoms with Crippen molar-refractivity contribution in [2.75, 3.05) is 13.2 Å². The number of carboxylic acid groups (broad SMARTS) is 1. The number of hydrogen-bond acceptors (Lipinski definition) is 13. The van der Waals surface area contributed by atoms with E-state index in [0.717, 1.165) is 6.92 Å². The van der Waals surface area contributed by atoms with Crippen LogP contribution in [0.3, 0.4) is 0 Å². The minimum atomic E-state index is -2.00. The number of carboxylic acids is 1. The van der Waals surface area contributed by atoms with E-state index in [1.54, 1.807) is 0 Å². The van der Waals surface area contributed by atoms with Crippen LogP contribution in [0.15, 0.2) is 24.3 Å². The highest BCUT2D eigenvalue weighted by Gasteiger charge is 2.51. The van der Waals surface area contributed by atoms with E-state index >= 15 is 0 Å². The lowest BCUT2D eigenvalue weighted by Crippen LogP contribution is -2.61. The van der Waals surface area contributed by atoms with Gasteiger partial charge in [-0.3, -0.25) is 14.4 Å². The maximum atomic E-state index is 12.5. The fourth-order valence-electron chi connectivity index (χ4n) is 4.47. The minimum Gasteiger partial charge on any atom is -0.507 e. The Morgan fingerprint density at radius 3 is 2.36 bits per heavy atom. The van der Waals surface area contributed by atoms with Crippen molar-refractivity contribution >= 4 is 17.7 Å². The second kappa shape index (κ2) is 12.0. The van der Waals surface area contributed by atoms with Gasteiger partial charge in [0.1, 0.15) is 35.9 Å². The van der Waals surface area contributed by atoms with E-state index in [-0.39, 0.29) is 22.4 Å². The second-order valence-corrected chi connectivity index (χ2v) is 9.75. The third-order valence-corrected chi connectivity index (χ3v) is 6.40. The Morgan fingerprint density at radius 1 is 1.13 bits per heavy atom. The maximum absolute atomic E-state index is 12.5. The molecule has 0 aliphatic carbocycles. The average Bonchev–Trinajstić information content (AvgIpc) is 3.20. The molecule has 0 bridgehead atoms. The van der Waals surface area contributed by atoms with Crippen LogP contribution >= 0.6 is 0 Å². The number of ketones is 1. The number of esters is 1. The van der Waals surface area contributed by atoms with Crippen molar-refractivity contribution in [3.05, 3.63) is 35.4 Å². The first-order valence-electron chi connectivity index (χ1n) is 11.9. The first-order valence-corrected chi connectivity index (χ1v) is 11.9. The SMILES string of the molecule is C=C(CO)[C@@H]1Oc2ccc(C(C)=O)c(O)c2[C@@H]1O[C@H]1O[C@H](CO)[C@@H](O)[C@H](OC(=O)C[C@](C)(O)CC(=O)O)[C@H]1O. The van der Waals surface area contributed by atoms with Gasteiger partial charge < -0.3 is 54.7 Å². The lowest BCUT2D eigenvalue weighted by atomic mass is 9.95. The minimum absolute atomic E-state index is 0.0111. The van der Waals surface area contributed by atoms with E-state index in [1.807, 2.05) is 0 Å². The van der Waals surface area contributed by atoms with E-state index in [0.29, 0.717) is 0 Å². The van der Waals surface area contributed by atoms with Crippen LogP contribution in [0, 0.1) is 0 Å². The highest BCUT2D eigenvalue weighted by molar-refractivity contribution is 5.97. The average molecular weight is 557 g/mol. The molecule has 2 aliphatic heterocycles. The number of Topliss-reactive ketones (excluding diaryl/α,β-unsaturated/α-hetero) is 1. The van der Waals surface area contributed by atoms with Crippen molar-refractivity contribution in [2.45, 2.75) is 75.2 Å². The van der Waals surface area contributed by atoms with Crippen molar-refractivity contribution in [3.8, 4) is 11.5 Å². The van der Waals surface area contributed by atoms with Gasteiger partial charge in [-0.2, -0.15) is 0 Å². The van der Waals surface area contributed by atoms with E-state index in [4.69, 9.17) is 24.1 Å². The number of aliphatic hydroxyl groups is 5. The normalized spacial score (nSPS) is 29.6. The molecule has 8 atom stereocenters. The van der Waals surface area contributed by atoms with Gasteiger partial charge in [-0.25, -0.2) is 0 Å². The quantitative estimate of drug-likeness (QED) is 0.0978. The Morgan fingerprint density at radius 2 is 1.79 bits per heavy atom. The van der Waals surface area contributed by atoms with Crippen LogP contribution in [0.2, 0.25) is 0 Å². The number of rotatable bonds is 11. The maximum Gasteiger partial charge on any atom is 0.309 e. The summed E-state index contributed by atoms with van der Waals surface area (Å²) in [4.78, 5) is 35.4. The summed E-state index contributed by atoms with van der Waals surface area (Å²) in [7, 11) is 0. The summed E-state index contributed by atoms with van der Waals surface area (Å²) in [5.41, 5.74) is -1.96. The molecule has 0 radical (unpaired) electrons. The van der Waals surface area contributed by atoms with Crippen molar-refractivity contribution in [3.63, 3.8) is 0 Å². The molecular weight excluding hydrogens is 524 g/mol. The van der Waals surface area contributed by atoms with Crippen molar-refractivity contribution in [1.82, 2.24) is 0 Å². The topological polar surface area (TPSA) is 230 Å². The summed E-state index contributed by atoms with van der Waals surface area (Å²) in [6.07, 6.45) is -12.6. The molecule has 216 valence electrons. The van der Waals surface area contributed by atoms with Gasteiger partial charge in [0, 0.05) is 0 Å². The van der Waals surface area contributed by atoms with Crippen LogP contribution in [0.4, 0.5) is 0 Å². The van der Waals surface area contributed by atoms with Crippen LogP contribution < -0.4 is 4.74 Å². The van der Waals surface area contributed by atoms with Gasteiger partial charge in [-0.1, -0.05) is 6.58 Å². The Labute approximate surface area is 222 Å². The number of aliphatic hydroxyl groups excluding tert-OH is 4. The van der Waals surface area contributed by atoms with Gasteiger partial charge >= 0.3 is 11.9 Å². The van der Waals surface area contributed by atoms with E-state index < -0.39 is 98.0 Å². The van der Waals surface area contributed by atoms with E-state index in [2.05, 4.69) is 6.58 Å². The molecule has 0 spiro atoms. The van der Waals surface area contributed by atoms with E-state index in [9.17, 15) is 45.0 Å². The van der Waals surface area contributed by atoms with Crippen molar-refractivity contribution < 1.29 is 69.1 Å². The monoisotopic (exact) mass is 556 g/mol. The number of hydrogen-bond donors (Lipinski definition) is 7. The zero-order chi connectivity index (χ0) is 29.2. The molecule has 2 aliphatic rings. The highest BCUT2D eigenvalue weighted by atomic mass is 16.7. The van der Waals surface area contributed by atoms with Crippen LogP contribution in [0.25, 0.3) is 0 Å². The number of aromatic hydroxyl groups is 1. The molecule has 0 saturated carbocycles. The Hall–Kier alpha value is -3.11. The van der Waals surface area contributed by atoms with Crippen LogP contribution in [-0.2, 0) is 23.8 Å². The zero-order valence-electron chi connectivity index (χ0n) is 21.2. The predicted molar refractivity (Wildman–Crippen MR) is 128 cm³/mol. The second-order valence-electron chi connectivity index (χ2n) is 9.75. The molecular formula is C25H32O14. The van der Waals surface area contributed by atoms with Crippen molar-refractivity contribution in [1.29, 1.82) is 0 Å². The Kier molecular flexibility index (Phi) is 9.33. The smallest absolute Gasteiger partial charge is 0.309 e. The highest BCUT2D eigenvalue weighted by Crippen LogP contribution is 2.48. The molecule has 14 nitrogen and oxygen atoms in total. The summed E-state index contributed by atoms with van der Waals surface area (Å²) >= 11 is 0. The molecule has 1 saturated heterocycles. The van der Waals surface area contributed by atoms with Gasteiger partial charge in [0.05, 0.1) is 42.8 Å². The number of aliphatic carboxylic acids is 1. The summed E-state index contributed by atoms with van der Waals surface area (Å²) in [6.45, 7) is 4.68. The first-order chi connectivity index (χ1) is 18.2. The lowest BCUT2D eigenvalue weighted by Gasteiger charge is -2.42. The predicted octanol–water partition coefficient (Wildman–Crippen LogP) is -1.07. The Balaban J connectivity index is 1.90. The van der Waals surface area contributed by atoms with Gasteiger partial charge in [-0.15, -0.1) is 0 Å². The summed E-state index contributed by atoms with van der Waals surface area (Å²) in [5.74, 6) is -3.39. The zero-order valence-corrected chi connectivity index (χ0v) is 21.2. The number of carbonyl (C=O) groups excluding carboxylic acids is 2. The molecule has 2 heterocycles. The molecule has 0 unspecified atom stereocenters. The van der Waals surface area contributed by atoms with Crippen LogP contribution in [0.5, 0.6) is 11.5 Å². The van der Waals surface area contributed by atoms with Gasteiger partial charge in [0.15, 0.2) is 24.3 Å². The number of ether oxygens (including phenoxy) is 4. The number of fused-ring (bicyclic) bond motifs is 1. The molecule has 1 aromatic rings. The fourth-order valence-corrected chi connectivity index (χ4v) is 4.47. The molecule has 3 rings (SSSR count). The fraction of sp³-hybridized carbons (Fsp3) is 0.560. The summed E-state index contributed by atoms with van der Waals surface area (Å²) < 4.78 is 22.3. The molecule has 7 N–H and O–H groups in total. The summed E-state index contributed by atoms with van der Waals surface area (Å²) in [5, 5.41) is 70.8. The van der Waals surface area contributed by atoms with Crippen molar-refractivity contribution in [2.24, 2.45) is 0 Å². The molecule has 0 amide bonds. The first kappa shape index (κ1) is 30.4. The number of carbonyl (C=O) groups is 3. The Bertz CT molecular complexity index is 1110. The largest absolute Gasteiger partial charge is 0.507 e. The molecule has 39 heavy (non-hydrogen) atoms. The van der Waals surface area contributed by atoms with Crippen LogP contribution in [-0.4, -0.2) is 109 Å².